The lowest BCUT2D eigenvalue weighted by molar-refractivity contribution is -0.182. The van der Waals surface area contributed by atoms with Crippen molar-refractivity contribution in [3.05, 3.63) is 35.9 Å². The van der Waals surface area contributed by atoms with E-state index in [0.29, 0.717) is 5.56 Å². The molecule has 1 fully saturated rings. The lowest BCUT2D eigenvalue weighted by Gasteiger charge is -2.37. The summed E-state index contributed by atoms with van der Waals surface area (Å²) >= 11 is 0. The summed E-state index contributed by atoms with van der Waals surface area (Å²) in [5.41, 5.74) is -1.40. The number of hydrogen-bond acceptors (Lipinski definition) is 6. The van der Waals surface area contributed by atoms with E-state index in [1.54, 1.807) is 44.2 Å². The van der Waals surface area contributed by atoms with E-state index in [0.717, 1.165) is 4.90 Å². The largest absolute Gasteiger partial charge is 0.464 e. The number of aliphatic hydroxyl groups is 1. The first-order chi connectivity index (χ1) is 11.9. The number of likely N-dealkylation sites (tertiary alicyclic amines) is 1. The fraction of sp³-hybridized carbons (Fsp3) is 0.500. The monoisotopic (exact) mass is 349 g/mol. The van der Waals surface area contributed by atoms with Gasteiger partial charge in [-0.25, -0.2) is 9.59 Å². The van der Waals surface area contributed by atoms with E-state index in [1.165, 1.54) is 6.92 Å². The number of carbonyl (C=O) groups is 3. The second-order valence-electron chi connectivity index (χ2n) is 5.78. The Labute approximate surface area is 146 Å². The average Bonchev–Trinajstić information content (AvgIpc) is 2.90. The maximum atomic E-state index is 12.9. The van der Waals surface area contributed by atoms with Gasteiger partial charge in [0, 0.05) is 19.3 Å². The highest BCUT2D eigenvalue weighted by atomic mass is 16.6. The minimum atomic E-state index is -2.04. The molecule has 1 amide bonds. The molecule has 0 aliphatic carbocycles. The smallest absolute Gasteiger partial charge is 0.344 e. The summed E-state index contributed by atoms with van der Waals surface area (Å²) in [7, 11) is 0. The first-order valence-electron chi connectivity index (χ1n) is 8.28. The van der Waals surface area contributed by atoms with E-state index in [9.17, 15) is 19.5 Å². The van der Waals surface area contributed by atoms with Gasteiger partial charge in [-0.05, 0) is 19.4 Å². The molecule has 0 saturated carbocycles. The molecule has 0 unspecified atom stereocenters. The molecule has 7 nitrogen and oxygen atoms in total. The highest BCUT2D eigenvalue weighted by Crippen LogP contribution is 2.46. The van der Waals surface area contributed by atoms with E-state index in [-0.39, 0.29) is 19.6 Å². The molecule has 136 valence electrons. The van der Waals surface area contributed by atoms with E-state index in [2.05, 4.69) is 0 Å². The zero-order valence-electron chi connectivity index (χ0n) is 14.6. The van der Waals surface area contributed by atoms with Gasteiger partial charge in [0.15, 0.2) is 0 Å². The van der Waals surface area contributed by atoms with Gasteiger partial charge in [0.2, 0.25) is 11.4 Å². The van der Waals surface area contributed by atoms with Crippen LogP contribution in [0.1, 0.15) is 38.7 Å². The Kier molecular flexibility index (Phi) is 5.79. The molecule has 1 saturated heterocycles. The van der Waals surface area contributed by atoms with Crippen molar-refractivity contribution < 1.29 is 29.0 Å². The van der Waals surface area contributed by atoms with E-state index < -0.39 is 35.5 Å². The Hall–Kier alpha value is -2.41. The molecule has 0 radical (unpaired) electrons. The van der Waals surface area contributed by atoms with Crippen molar-refractivity contribution in [2.24, 2.45) is 0 Å². The molecular weight excluding hydrogens is 326 g/mol. The van der Waals surface area contributed by atoms with Crippen molar-refractivity contribution in [2.45, 2.75) is 44.9 Å². The van der Waals surface area contributed by atoms with Crippen LogP contribution in [0.15, 0.2) is 30.3 Å². The molecule has 1 aliphatic rings. The van der Waals surface area contributed by atoms with Crippen molar-refractivity contribution in [2.75, 3.05) is 13.2 Å². The van der Waals surface area contributed by atoms with Crippen LogP contribution in [-0.4, -0.2) is 52.8 Å². The molecule has 1 heterocycles. The minimum absolute atomic E-state index is 0.0290. The first-order valence-corrected chi connectivity index (χ1v) is 8.28. The number of benzene rings is 1. The SMILES string of the molecule is CCOC(=O)C1(C(=O)OCC)[C@@H](c2ccccc2)C[C@@H](O)N1C(C)=O. The van der Waals surface area contributed by atoms with Crippen LogP contribution >= 0.6 is 0 Å². The normalized spacial score (nSPS) is 21.7. The number of carbonyl (C=O) groups excluding carboxylic acids is 3. The number of hydrogen-bond donors (Lipinski definition) is 1. The lowest BCUT2D eigenvalue weighted by Crippen LogP contribution is -2.63. The molecule has 0 aromatic heterocycles. The Morgan fingerprint density at radius 3 is 2.08 bits per heavy atom. The minimum Gasteiger partial charge on any atom is -0.464 e. The van der Waals surface area contributed by atoms with Crippen LogP contribution in [0.25, 0.3) is 0 Å². The van der Waals surface area contributed by atoms with Crippen molar-refractivity contribution in [1.29, 1.82) is 0 Å². The molecular formula is C18H23NO6. The second-order valence-corrected chi connectivity index (χ2v) is 5.78. The number of amides is 1. The molecule has 2 atom stereocenters. The molecule has 1 aliphatic heterocycles. The summed E-state index contributed by atoms with van der Waals surface area (Å²) in [4.78, 5) is 38.9. The van der Waals surface area contributed by atoms with Gasteiger partial charge in [-0.15, -0.1) is 0 Å². The van der Waals surface area contributed by atoms with Gasteiger partial charge in [-0.3, -0.25) is 9.69 Å². The van der Waals surface area contributed by atoms with Crippen molar-refractivity contribution in [1.82, 2.24) is 4.90 Å². The number of aliphatic hydroxyl groups excluding tert-OH is 1. The van der Waals surface area contributed by atoms with Crippen LogP contribution in [0.2, 0.25) is 0 Å². The van der Waals surface area contributed by atoms with E-state index in [4.69, 9.17) is 9.47 Å². The second kappa shape index (κ2) is 7.65. The maximum absolute atomic E-state index is 12.9. The summed E-state index contributed by atoms with van der Waals surface area (Å²) in [5.74, 6) is -3.17. The third kappa shape index (κ3) is 3.11. The summed E-state index contributed by atoms with van der Waals surface area (Å²) in [6.45, 7) is 4.48. The summed E-state index contributed by atoms with van der Waals surface area (Å²) < 4.78 is 10.3. The van der Waals surface area contributed by atoms with Gasteiger partial charge in [0.25, 0.3) is 0 Å². The Morgan fingerprint density at radius 2 is 1.64 bits per heavy atom. The fourth-order valence-electron chi connectivity index (χ4n) is 3.46. The molecule has 2 rings (SSSR count). The Balaban J connectivity index is 2.69. The topological polar surface area (TPSA) is 93.1 Å². The summed E-state index contributed by atoms with van der Waals surface area (Å²) in [5, 5.41) is 10.5. The van der Waals surface area contributed by atoms with Gasteiger partial charge in [-0.2, -0.15) is 0 Å². The number of nitrogens with zero attached hydrogens (tertiary/aromatic N) is 1. The van der Waals surface area contributed by atoms with Crippen LogP contribution in [0, 0.1) is 0 Å². The van der Waals surface area contributed by atoms with E-state index in [1.807, 2.05) is 0 Å². The van der Waals surface area contributed by atoms with Crippen molar-refractivity contribution in [3.63, 3.8) is 0 Å². The Morgan fingerprint density at radius 1 is 1.12 bits per heavy atom. The lowest BCUT2D eigenvalue weighted by atomic mass is 9.79. The average molecular weight is 349 g/mol. The van der Waals surface area contributed by atoms with Gasteiger partial charge in [-0.1, -0.05) is 30.3 Å². The van der Waals surface area contributed by atoms with Crippen molar-refractivity contribution >= 4 is 17.8 Å². The highest BCUT2D eigenvalue weighted by Gasteiger charge is 2.66. The number of ether oxygens (including phenoxy) is 2. The van der Waals surface area contributed by atoms with E-state index >= 15 is 0 Å². The van der Waals surface area contributed by atoms with Crippen LogP contribution in [0.5, 0.6) is 0 Å². The maximum Gasteiger partial charge on any atom is 0.344 e. The highest BCUT2D eigenvalue weighted by molar-refractivity contribution is 6.09. The third-order valence-corrected chi connectivity index (χ3v) is 4.34. The third-order valence-electron chi connectivity index (χ3n) is 4.34. The summed E-state index contributed by atoms with van der Waals surface area (Å²) in [6, 6.07) is 8.81. The van der Waals surface area contributed by atoms with Gasteiger partial charge in [0.1, 0.15) is 6.23 Å². The van der Waals surface area contributed by atoms with Crippen LogP contribution < -0.4 is 0 Å². The van der Waals surface area contributed by atoms with Crippen LogP contribution in [0.3, 0.4) is 0 Å². The zero-order chi connectivity index (χ0) is 18.6. The molecule has 25 heavy (non-hydrogen) atoms. The van der Waals surface area contributed by atoms with Crippen molar-refractivity contribution in [3.8, 4) is 0 Å². The van der Waals surface area contributed by atoms with Gasteiger partial charge >= 0.3 is 11.9 Å². The van der Waals surface area contributed by atoms with Crippen LogP contribution in [-0.2, 0) is 23.9 Å². The number of rotatable bonds is 5. The van der Waals surface area contributed by atoms with Crippen LogP contribution in [0.4, 0.5) is 0 Å². The predicted molar refractivity (Wildman–Crippen MR) is 88.3 cm³/mol. The number of esters is 2. The first kappa shape index (κ1) is 18.9. The molecule has 0 spiro atoms. The van der Waals surface area contributed by atoms with Gasteiger partial charge < -0.3 is 14.6 Å². The fourth-order valence-corrected chi connectivity index (χ4v) is 3.46. The summed E-state index contributed by atoms with van der Waals surface area (Å²) in [6.07, 6.45) is -1.27. The Bertz CT molecular complexity index is 626. The molecule has 0 bridgehead atoms. The van der Waals surface area contributed by atoms with Gasteiger partial charge in [0.05, 0.1) is 13.2 Å². The zero-order valence-corrected chi connectivity index (χ0v) is 14.6. The molecule has 7 heteroatoms. The molecule has 1 aromatic rings. The predicted octanol–water partition coefficient (Wildman–Crippen LogP) is 1.21. The molecule has 1 aromatic carbocycles. The molecule has 1 N–H and O–H groups in total. The standard InChI is InChI=1S/C18H23NO6/c1-4-24-16(22)18(17(23)25-5-2)14(13-9-7-6-8-10-13)11-15(21)19(18)12(3)20/h6-10,14-15,21H,4-5,11H2,1-3H3/t14-,15-/m1/s1. The quantitative estimate of drug-likeness (QED) is 0.634.